The largest absolute Gasteiger partial charge is 0.303 e. The predicted molar refractivity (Wildman–Crippen MR) is 44.2 cm³/mol. The number of hydrogen-bond acceptors (Lipinski definition) is 1. The molecule has 0 unspecified atom stereocenters. The number of carbonyl (C=O) groups excluding carboxylic acids is 1. The summed E-state index contributed by atoms with van der Waals surface area (Å²) in [4.78, 5) is 9.92. The average Bonchev–Trinajstić information content (AvgIpc) is 1.89. The Morgan fingerprint density at radius 1 is 1.50 bits per heavy atom. The molecule has 0 aromatic heterocycles. The minimum Gasteiger partial charge on any atom is -0.303 e. The van der Waals surface area contributed by atoms with Crippen LogP contribution in [0, 0.1) is 0 Å². The zero-order chi connectivity index (χ0) is 7.98. The summed E-state index contributed by atoms with van der Waals surface area (Å²) < 4.78 is 0. The van der Waals surface area contributed by atoms with Crippen LogP contribution < -0.4 is 0 Å². The van der Waals surface area contributed by atoms with Crippen molar-refractivity contribution < 1.29 is 4.79 Å². The third-order valence-corrected chi connectivity index (χ3v) is 1.64. The van der Waals surface area contributed by atoms with Gasteiger partial charge in [0.1, 0.15) is 6.29 Å². The van der Waals surface area contributed by atoms with E-state index >= 15 is 0 Å². The third kappa shape index (κ3) is 3.70. The van der Waals surface area contributed by atoms with Gasteiger partial charge in [-0.25, -0.2) is 0 Å². The van der Waals surface area contributed by atoms with Gasteiger partial charge in [-0.1, -0.05) is 29.3 Å². The maximum Gasteiger partial charge on any atom is 0.125 e. The topological polar surface area (TPSA) is 17.1 Å². The van der Waals surface area contributed by atoms with Gasteiger partial charge in [-0.3, -0.25) is 0 Å². The fourth-order valence-electron chi connectivity index (χ4n) is 0.407. The molecule has 0 amide bonds. The highest BCUT2D eigenvalue weighted by atomic mass is 35.5. The lowest BCUT2D eigenvalue weighted by Crippen LogP contribution is -1.77. The number of hydrogen-bond donors (Lipinski definition) is 0. The van der Waals surface area contributed by atoms with E-state index < -0.39 is 0 Å². The van der Waals surface area contributed by atoms with E-state index in [1.54, 1.807) is 12.2 Å². The van der Waals surface area contributed by atoms with E-state index in [0.29, 0.717) is 16.4 Å². The van der Waals surface area contributed by atoms with Crippen molar-refractivity contribution in [2.24, 2.45) is 0 Å². The van der Waals surface area contributed by atoms with Crippen molar-refractivity contribution in [1.82, 2.24) is 0 Å². The van der Waals surface area contributed by atoms with Crippen LogP contribution in [0.15, 0.2) is 22.2 Å². The van der Waals surface area contributed by atoms with Gasteiger partial charge in [-0.05, 0) is 13.0 Å². The smallest absolute Gasteiger partial charge is 0.125 e. The minimum atomic E-state index is 0.185. The normalized spacial score (nSPS) is 13.5. The van der Waals surface area contributed by atoms with E-state index in [1.165, 1.54) is 0 Å². The average molecular weight is 179 g/mol. The zero-order valence-electron chi connectivity index (χ0n) is 5.60. The summed E-state index contributed by atoms with van der Waals surface area (Å²) in [6.45, 7) is 1.83. The molecule has 0 fully saturated rings. The second-order valence-electron chi connectivity index (χ2n) is 1.62. The van der Waals surface area contributed by atoms with Crippen LogP contribution in [0.1, 0.15) is 13.3 Å². The van der Waals surface area contributed by atoms with Crippen molar-refractivity contribution in [3.63, 3.8) is 0 Å². The molecule has 0 saturated heterocycles. The van der Waals surface area contributed by atoms with E-state index in [-0.39, 0.29) is 6.42 Å². The van der Waals surface area contributed by atoms with Crippen LogP contribution in [0.2, 0.25) is 0 Å². The van der Waals surface area contributed by atoms with Gasteiger partial charge in [0.2, 0.25) is 0 Å². The van der Waals surface area contributed by atoms with Gasteiger partial charge in [0, 0.05) is 11.5 Å². The molecule has 0 aromatic carbocycles. The van der Waals surface area contributed by atoms with Gasteiger partial charge in [0.25, 0.3) is 0 Å². The van der Waals surface area contributed by atoms with Crippen molar-refractivity contribution in [3.8, 4) is 0 Å². The first-order valence-electron chi connectivity index (χ1n) is 2.82. The highest BCUT2D eigenvalue weighted by Crippen LogP contribution is 2.16. The zero-order valence-corrected chi connectivity index (χ0v) is 7.12. The molecular formula is C7H8Cl2O. The molecule has 10 heavy (non-hydrogen) atoms. The Balaban J connectivity index is 4.17. The summed E-state index contributed by atoms with van der Waals surface area (Å²) in [5.41, 5.74) is 0. The molecule has 0 aliphatic rings. The quantitative estimate of drug-likeness (QED) is 0.480. The summed E-state index contributed by atoms with van der Waals surface area (Å²) in [6.07, 6.45) is 4.31. The van der Waals surface area contributed by atoms with Crippen molar-refractivity contribution >= 4 is 29.5 Å². The summed E-state index contributed by atoms with van der Waals surface area (Å²) in [6, 6.07) is 0. The van der Waals surface area contributed by atoms with E-state index in [0.717, 1.165) is 0 Å². The molecule has 1 nitrogen and oxygen atoms in total. The number of aldehydes is 1. The molecule has 0 radical (unpaired) electrons. The minimum absolute atomic E-state index is 0.185. The fourth-order valence-corrected chi connectivity index (χ4v) is 0.737. The Kier molecular flexibility index (Phi) is 5.36. The van der Waals surface area contributed by atoms with Gasteiger partial charge in [-0.2, -0.15) is 0 Å². The SMILES string of the molecule is CC=CC(Cl)=C(Cl)CC=O. The number of rotatable bonds is 3. The van der Waals surface area contributed by atoms with Gasteiger partial charge in [-0.15, -0.1) is 0 Å². The second kappa shape index (κ2) is 5.51. The van der Waals surface area contributed by atoms with Crippen molar-refractivity contribution in [2.45, 2.75) is 13.3 Å². The Hall–Kier alpha value is -0.270. The molecule has 0 bridgehead atoms. The number of halogens is 2. The van der Waals surface area contributed by atoms with Crippen LogP contribution in [-0.4, -0.2) is 6.29 Å². The first-order chi connectivity index (χ1) is 4.72. The van der Waals surface area contributed by atoms with Crippen molar-refractivity contribution in [1.29, 1.82) is 0 Å². The van der Waals surface area contributed by atoms with Crippen LogP contribution in [0.3, 0.4) is 0 Å². The van der Waals surface area contributed by atoms with E-state index in [4.69, 9.17) is 23.2 Å². The summed E-state index contributed by atoms with van der Waals surface area (Å²) in [7, 11) is 0. The van der Waals surface area contributed by atoms with Crippen LogP contribution in [-0.2, 0) is 4.79 Å². The highest BCUT2D eigenvalue weighted by molar-refractivity contribution is 6.40. The molecule has 0 N–H and O–H groups in total. The molecule has 0 aromatic rings. The molecule has 0 spiro atoms. The molecule has 0 saturated carbocycles. The second-order valence-corrected chi connectivity index (χ2v) is 2.49. The Morgan fingerprint density at radius 3 is 2.50 bits per heavy atom. The standard InChI is InChI=1S/C7H8Cl2O/c1-2-3-6(8)7(9)4-5-10/h2-3,5H,4H2,1H3. The van der Waals surface area contributed by atoms with E-state index in [2.05, 4.69) is 0 Å². The lowest BCUT2D eigenvalue weighted by molar-refractivity contribution is -0.107. The van der Waals surface area contributed by atoms with E-state index in [9.17, 15) is 4.79 Å². The van der Waals surface area contributed by atoms with Crippen molar-refractivity contribution in [3.05, 3.63) is 22.2 Å². The molecule has 56 valence electrons. The predicted octanol–water partition coefficient (Wildman–Crippen LogP) is 2.84. The number of allylic oxidation sites excluding steroid dienone is 4. The van der Waals surface area contributed by atoms with Crippen LogP contribution in [0.4, 0.5) is 0 Å². The maximum absolute atomic E-state index is 9.92. The monoisotopic (exact) mass is 178 g/mol. The van der Waals surface area contributed by atoms with E-state index in [1.807, 2.05) is 6.92 Å². The molecule has 0 aliphatic heterocycles. The Morgan fingerprint density at radius 2 is 2.10 bits per heavy atom. The highest BCUT2D eigenvalue weighted by Gasteiger charge is 1.95. The fraction of sp³-hybridized carbons (Fsp3) is 0.286. The molecule has 0 heterocycles. The van der Waals surface area contributed by atoms with Gasteiger partial charge in [0.05, 0.1) is 5.03 Å². The Labute approximate surface area is 70.3 Å². The molecule has 0 aliphatic carbocycles. The lowest BCUT2D eigenvalue weighted by Gasteiger charge is -1.91. The van der Waals surface area contributed by atoms with Crippen molar-refractivity contribution in [2.75, 3.05) is 0 Å². The first-order valence-corrected chi connectivity index (χ1v) is 3.58. The third-order valence-electron chi connectivity index (χ3n) is 0.835. The first kappa shape index (κ1) is 9.73. The van der Waals surface area contributed by atoms with Gasteiger partial charge in [0.15, 0.2) is 0 Å². The molecule has 0 atom stereocenters. The van der Waals surface area contributed by atoms with Gasteiger partial charge >= 0.3 is 0 Å². The molecule has 0 rings (SSSR count). The number of carbonyl (C=O) groups is 1. The molecule has 3 heteroatoms. The van der Waals surface area contributed by atoms with Crippen LogP contribution >= 0.6 is 23.2 Å². The summed E-state index contributed by atoms with van der Waals surface area (Å²) >= 11 is 11.2. The lowest BCUT2D eigenvalue weighted by atomic mass is 10.4. The van der Waals surface area contributed by atoms with Crippen LogP contribution in [0.25, 0.3) is 0 Å². The molecular weight excluding hydrogens is 171 g/mol. The maximum atomic E-state index is 9.92. The summed E-state index contributed by atoms with van der Waals surface area (Å²) in [5, 5.41) is 0.811. The summed E-state index contributed by atoms with van der Waals surface area (Å²) in [5.74, 6) is 0. The van der Waals surface area contributed by atoms with Crippen LogP contribution in [0.5, 0.6) is 0 Å². The van der Waals surface area contributed by atoms with Gasteiger partial charge < -0.3 is 4.79 Å². The Bertz CT molecular complexity index is 170.